The monoisotopic (exact) mass is 522 g/mol. The van der Waals surface area contributed by atoms with Gasteiger partial charge in [-0.3, -0.25) is 4.99 Å². The highest BCUT2D eigenvalue weighted by molar-refractivity contribution is 14.0. The number of nitrogens with one attached hydrogen (secondary N) is 2. The van der Waals surface area contributed by atoms with E-state index in [2.05, 4.69) is 27.5 Å². The van der Waals surface area contributed by atoms with Crippen molar-refractivity contribution in [3.8, 4) is 0 Å². The minimum atomic E-state index is -3.00. The lowest BCUT2D eigenvalue weighted by Gasteiger charge is -2.11. The molecule has 0 bridgehead atoms. The van der Waals surface area contributed by atoms with Gasteiger partial charge in [0, 0.05) is 37.7 Å². The summed E-state index contributed by atoms with van der Waals surface area (Å²) in [4.78, 5) is 10.0. The van der Waals surface area contributed by atoms with Crippen molar-refractivity contribution in [2.75, 3.05) is 19.8 Å². The number of nitrogens with zero attached hydrogens (tertiary/aromatic N) is 2. The summed E-state index contributed by atoms with van der Waals surface area (Å²) < 4.78 is 22.6. The van der Waals surface area contributed by atoms with Gasteiger partial charge in [0.2, 0.25) is 0 Å². The molecule has 2 aromatic rings. The molecule has 1 aromatic heterocycles. The first kappa shape index (κ1) is 23.8. The van der Waals surface area contributed by atoms with Crippen LogP contribution in [0.25, 0.3) is 0 Å². The third-order valence-corrected chi connectivity index (χ3v) is 5.83. The zero-order chi connectivity index (χ0) is 19.2. The quantitative estimate of drug-likeness (QED) is 0.332. The van der Waals surface area contributed by atoms with Crippen molar-refractivity contribution < 1.29 is 8.42 Å². The van der Waals surface area contributed by atoms with Gasteiger partial charge < -0.3 is 10.6 Å². The molecular formula is C18H27IN4O2S2. The summed E-state index contributed by atoms with van der Waals surface area (Å²) in [5.41, 5.74) is 2.97. The largest absolute Gasteiger partial charge is 0.356 e. The summed E-state index contributed by atoms with van der Waals surface area (Å²) in [6.07, 6.45) is 2.10. The van der Waals surface area contributed by atoms with Gasteiger partial charge in [0.25, 0.3) is 0 Å². The second-order valence-corrected chi connectivity index (χ2v) is 9.67. The van der Waals surface area contributed by atoms with Crippen LogP contribution in [0.1, 0.15) is 26.7 Å². The number of hydrogen-bond donors (Lipinski definition) is 2. The Balaban J connectivity index is 0.00000364. The smallest absolute Gasteiger partial charge is 0.191 e. The number of benzene rings is 1. The maximum absolute atomic E-state index is 11.3. The minimum Gasteiger partial charge on any atom is -0.356 e. The van der Waals surface area contributed by atoms with E-state index in [9.17, 15) is 8.42 Å². The molecule has 0 radical (unpaired) electrons. The third kappa shape index (κ3) is 8.56. The maximum Gasteiger partial charge on any atom is 0.191 e. The van der Waals surface area contributed by atoms with Crippen LogP contribution in [0.5, 0.6) is 0 Å². The minimum absolute atomic E-state index is 0. The first-order valence-electron chi connectivity index (χ1n) is 8.40. The predicted octanol–water partition coefficient (Wildman–Crippen LogP) is 2.83. The van der Waals surface area contributed by atoms with E-state index in [-0.39, 0.29) is 29.7 Å². The van der Waals surface area contributed by atoms with Gasteiger partial charge in [0.15, 0.2) is 15.8 Å². The molecule has 1 heterocycles. The Morgan fingerprint density at radius 1 is 1.15 bits per heavy atom. The highest BCUT2D eigenvalue weighted by atomic mass is 127. The molecule has 0 aliphatic heterocycles. The molecule has 0 aliphatic carbocycles. The van der Waals surface area contributed by atoms with E-state index in [1.54, 1.807) is 18.4 Å². The lowest BCUT2D eigenvalue weighted by Crippen LogP contribution is -2.37. The van der Waals surface area contributed by atoms with Gasteiger partial charge in [0.1, 0.15) is 0 Å². The van der Waals surface area contributed by atoms with E-state index in [0.717, 1.165) is 40.8 Å². The van der Waals surface area contributed by atoms with Gasteiger partial charge in [-0.1, -0.05) is 24.3 Å². The van der Waals surface area contributed by atoms with Crippen LogP contribution in [0, 0.1) is 13.8 Å². The van der Waals surface area contributed by atoms with E-state index in [4.69, 9.17) is 0 Å². The standard InChI is InChI=1S/C18H26N4O2S2.HI/c1-13-14(2)25-17(22-13)9-10-20-18(19-3)21-11-15-5-7-16(8-6-15)12-26(4,23)24;/h5-8H,9-12H2,1-4H3,(H2,19,20,21);1H. The molecular weight excluding hydrogens is 495 g/mol. The Bertz CT molecular complexity index is 842. The molecule has 0 unspecified atom stereocenters. The Morgan fingerprint density at radius 3 is 2.30 bits per heavy atom. The highest BCUT2D eigenvalue weighted by Gasteiger charge is 2.06. The van der Waals surface area contributed by atoms with Gasteiger partial charge in [0.05, 0.1) is 16.5 Å². The van der Waals surface area contributed by atoms with E-state index in [1.807, 2.05) is 31.2 Å². The van der Waals surface area contributed by atoms with Crippen LogP contribution in [0.3, 0.4) is 0 Å². The maximum atomic E-state index is 11.3. The Hall–Kier alpha value is -1.20. The number of hydrogen-bond acceptors (Lipinski definition) is 5. The summed E-state index contributed by atoms with van der Waals surface area (Å²) in [6, 6.07) is 7.56. The second-order valence-electron chi connectivity index (χ2n) is 6.24. The molecule has 27 heavy (non-hydrogen) atoms. The number of thiazole rings is 1. The van der Waals surface area contributed by atoms with Gasteiger partial charge >= 0.3 is 0 Å². The average molecular weight is 522 g/mol. The fraction of sp³-hybridized carbons (Fsp3) is 0.444. The molecule has 9 heteroatoms. The molecule has 0 atom stereocenters. The molecule has 0 saturated carbocycles. The van der Waals surface area contributed by atoms with Gasteiger partial charge in [-0.2, -0.15) is 0 Å². The third-order valence-electron chi connectivity index (χ3n) is 3.84. The number of aliphatic imine (C=N–C) groups is 1. The average Bonchev–Trinajstić information content (AvgIpc) is 2.89. The predicted molar refractivity (Wildman–Crippen MR) is 124 cm³/mol. The first-order chi connectivity index (χ1) is 12.3. The van der Waals surface area contributed by atoms with Crippen molar-refractivity contribution in [2.24, 2.45) is 4.99 Å². The van der Waals surface area contributed by atoms with Crippen LogP contribution in [-0.2, 0) is 28.6 Å². The van der Waals surface area contributed by atoms with Crippen LogP contribution < -0.4 is 10.6 Å². The van der Waals surface area contributed by atoms with Crippen molar-refractivity contribution in [2.45, 2.75) is 32.6 Å². The highest BCUT2D eigenvalue weighted by Crippen LogP contribution is 2.16. The van der Waals surface area contributed by atoms with E-state index >= 15 is 0 Å². The molecule has 0 spiro atoms. The van der Waals surface area contributed by atoms with E-state index in [1.165, 1.54) is 11.1 Å². The Labute approximate surface area is 182 Å². The Morgan fingerprint density at radius 2 is 1.78 bits per heavy atom. The fourth-order valence-electron chi connectivity index (χ4n) is 2.40. The number of halogens is 1. The molecule has 2 N–H and O–H groups in total. The summed E-state index contributed by atoms with van der Waals surface area (Å²) in [5, 5.41) is 7.67. The second kappa shape index (κ2) is 11.0. The first-order valence-corrected chi connectivity index (χ1v) is 11.3. The van der Waals surface area contributed by atoms with E-state index in [0.29, 0.717) is 6.54 Å². The van der Waals surface area contributed by atoms with Crippen molar-refractivity contribution in [3.63, 3.8) is 0 Å². The summed E-state index contributed by atoms with van der Waals surface area (Å²) in [6.45, 7) is 5.50. The number of guanidine groups is 1. The number of sulfone groups is 1. The van der Waals surface area contributed by atoms with Crippen molar-refractivity contribution >= 4 is 51.1 Å². The topological polar surface area (TPSA) is 83.4 Å². The molecule has 0 aliphatic rings. The van der Waals surface area contributed by atoms with Crippen molar-refractivity contribution in [3.05, 3.63) is 51.0 Å². The zero-order valence-corrected chi connectivity index (χ0v) is 20.0. The molecule has 1 aromatic carbocycles. The molecule has 0 amide bonds. The fourth-order valence-corrected chi connectivity index (χ4v) is 4.13. The molecule has 150 valence electrons. The number of aromatic nitrogens is 1. The van der Waals surface area contributed by atoms with E-state index < -0.39 is 9.84 Å². The van der Waals surface area contributed by atoms with Crippen molar-refractivity contribution in [1.29, 1.82) is 0 Å². The summed E-state index contributed by atoms with van der Waals surface area (Å²) in [7, 11) is -1.26. The van der Waals surface area contributed by atoms with Gasteiger partial charge in [-0.05, 0) is 25.0 Å². The van der Waals surface area contributed by atoms with Crippen LogP contribution in [-0.4, -0.2) is 39.2 Å². The van der Waals surface area contributed by atoms with Crippen LogP contribution in [0.2, 0.25) is 0 Å². The van der Waals surface area contributed by atoms with Crippen molar-refractivity contribution in [1.82, 2.24) is 15.6 Å². The number of rotatable bonds is 7. The number of aryl methyl sites for hydroxylation is 2. The zero-order valence-electron chi connectivity index (χ0n) is 16.1. The lowest BCUT2D eigenvalue weighted by molar-refractivity contribution is 0.601. The van der Waals surface area contributed by atoms with Gasteiger partial charge in [-0.25, -0.2) is 13.4 Å². The summed E-state index contributed by atoms with van der Waals surface area (Å²) in [5.74, 6) is 0.801. The normalized spacial score (nSPS) is 11.8. The molecule has 6 nitrogen and oxygen atoms in total. The van der Waals surface area contributed by atoms with Gasteiger partial charge in [-0.15, -0.1) is 35.3 Å². The molecule has 2 rings (SSSR count). The Kier molecular flexibility index (Phi) is 9.68. The van der Waals surface area contributed by atoms with Crippen LogP contribution in [0.4, 0.5) is 0 Å². The lowest BCUT2D eigenvalue weighted by atomic mass is 10.1. The van der Waals surface area contributed by atoms with Crippen LogP contribution >= 0.6 is 35.3 Å². The molecule has 0 saturated heterocycles. The van der Waals surface area contributed by atoms with Crippen LogP contribution in [0.15, 0.2) is 29.3 Å². The molecule has 0 fully saturated rings. The SMILES string of the molecule is CN=C(NCCc1nc(C)c(C)s1)NCc1ccc(CS(C)(=O)=O)cc1.I. The summed E-state index contributed by atoms with van der Waals surface area (Å²) >= 11 is 1.73.